The topological polar surface area (TPSA) is 38.0 Å². The Kier molecular flexibility index (Phi) is 3.76. The number of rotatable bonds is 2. The molecule has 2 nitrogen and oxygen atoms in total. The lowest BCUT2D eigenvalue weighted by molar-refractivity contribution is -0.137. The molecule has 2 rings (SSSR count). The van der Waals surface area contributed by atoms with Gasteiger partial charge in [-0.05, 0) is 30.3 Å². The Morgan fingerprint density at radius 3 is 2.45 bits per heavy atom. The van der Waals surface area contributed by atoms with E-state index < -0.39 is 17.6 Å². The molecule has 0 aliphatic heterocycles. The molecule has 2 aromatic carbocycles. The fourth-order valence-corrected chi connectivity index (χ4v) is 1.86. The van der Waals surface area contributed by atoms with Crippen molar-refractivity contribution in [1.29, 1.82) is 0 Å². The van der Waals surface area contributed by atoms with Gasteiger partial charge in [0.1, 0.15) is 5.82 Å². The summed E-state index contributed by atoms with van der Waals surface area (Å²) < 4.78 is 51.2. The van der Waals surface area contributed by atoms with Crippen molar-refractivity contribution in [2.45, 2.75) is 6.18 Å². The first-order valence-corrected chi connectivity index (χ1v) is 5.84. The molecule has 20 heavy (non-hydrogen) atoms. The van der Waals surface area contributed by atoms with E-state index in [1.54, 1.807) is 0 Å². The average Bonchev–Trinajstić information content (AvgIpc) is 2.33. The number of nitrogen functional groups attached to an aromatic ring is 1. The van der Waals surface area contributed by atoms with Gasteiger partial charge >= 0.3 is 6.18 Å². The van der Waals surface area contributed by atoms with Crippen LogP contribution in [0.4, 0.5) is 34.6 Å². The number of nitrogens with two attached hydrogens (primary N) is 1. The van der Waals surface area contributed by atoms with Gasteiger partial charge in [-0.15, -0.1) is 0 Å². The molecule has 3 N–H and O–H groups in total. The van der Waals surface area contributed by atoms with Gasteiger partial charge in [0.05, 0.1) is 16.9 Å². The number of hydrogen-bond donors (Lipinski definition) is 2. The lowest BCUT2D eigenvalue weighted by Crippen LogP contribution is -2.06. The maximum Gasteiger partial charge on any atom is 0.416 e. The molecule has 106 valence electrons. The number of benzene rings is 2. The van der Waals surface area contributed by atoms with Crippen molar-refractivity contribution in [3.8, 4) is 0 Å². The maximum atomic E-state index is 13.3. The Bertz CT molecular complexity index is 641. The highest BCUT2D eigenvalue weighted by Crippen LogP contribution is 2.34. The first-order chi connectivity index (χ1) is 9.27. The van der Waals surface area contributed by atoms with Crippen molar-refractivity contribution in [3.63, 3.8) is 0 Å². The van der Waals surface area contributed by atoms with Crippen LogP contribution in [0.5, 0.6) is 0 Å². The summed E-state index contributed by atoms with van der Waals surface area (Å²) >= 11 is 5.65. The minimum atomic E-state index is -4.52. The molecule has 0 fully saturated rings. The van der Waals surface area contributed by atoms with E-state index in [0.717, 1.165) is 18.2 Å². The van der Waals surface area contributed by atoms with E-state index in [-0.39, 0.29) is 22.1 Å². The maximum absolute atomic E-state index is 13.3. The Labute approximate surface area is 117 Å². The zero-order valence-corrected chi connectivity index (χ0v) is 10.7. The fourth-order valence-electron chi connectivity index (χ4n) is 1.63. The van der Waals surface area contributed by atoms with Crippen LogP contribution in [0, 0.1) is 5.82 Å². The van der Waals surface area contributed by atoms with E-state index in [9.17, 15) is 17.6 Å². The number of alkyl halides is 3. The SMILES string of the molecule is Nc1c(F)cccc1Nc1cc(Cl)cc(C(F)(F)F)c1. The lowest BCUT2D eigenvalue weighted by atomic mass is 10.2. The van der Waals surface area contributed by atoms with E-state index >= 15 is 0 Å². The summed E-state index contributed by atoms with van der Waals surface area (Å²) in [6.45, 7) is 0. The zero-order valence-electron chi connectivity index (χ0n) is 9.93. The molecule has 0 atom stereocenters. The van der Waals surface area contributed by atoms with Crippen LogP contribution in [0.15, 0.2) is 36.4 Å². The average molecular weight is 305 g/mol. The lowest BCUT2D eigenvalue weighted by Gasteiger charge is -2.13. The van der Waals surface area contributed by atoms with Crippen LogP contribution < -0.4 is 11.1 Å². The van der Waals surface area contributed by atoms with Gasteiger partial charge in [-0.3, -0.25) is 0 Å². The predicted molar refractivity (Wildman–Crippen MR) is 70.5 cm³/mol. The molecular weight excluding hydrogens is 296 g/mol. The monoisotopic (exact) mass is 304 g/mol. The van der Waals surface area contributed by atoms with Gasteiger partial charge in [-0.25, -0.2) is 4.39 Å². The molecule has 0 amide bonds. The van der Waals surface area contributed by atoms with Crippen molar-refractivity contribution in [3.05, 3.63) is 52.8 Å². The van der Waals surface area contributed by atoms with Crippen molar-refractivity contribution in [2.75, 3.05) is 11.1 Å². The molecule has 0 saturated heterocycles. The van der Waals surface area contributed by atoms with Crippen LogP contribution in [0.2, 0.25) is 5.02 Å². The van der Waals surface area contributed by atoms with Gasteiger partial charge in [-0.2, -0.15) is 13.2 Å². The third kappa shape index (κ3) is 3.14. The Morgan fingerprint density at radius 1 is 1.10 bits per heavy atom. The molecule has 0 aliphatic carbocycles. The minimum Gasteiger partial charge on any atom is -0.395 e. The van der Waals surface area contributed by atoms with E-state index in [0.29, 0.717) is 0 Å². The summed E-state index contributed by atoms with van der Waals surface area (Å²) in [7, 11) is 0. The molecule has 0 heterocycles. The number of hydrogen-bond acceptors (Lipinski definition) is 2. The second-order valence-electron chi connectivity index (χ2n) is 4.05. The van der Waals surface area contributed by atoms with Crippen LogP contribution in [0.3, 0.4) is 0 Å². The predicted octanol–water partition coefficient (Wildman–Crippen LogP) is 4.82. The Balaban J connectivity index is 2.39. The molecule has 0 aromatic heterocycles. The summed E-state index contributed by atoms with van der Waals surface area (Å²) in [6, 6.07) is 6.97. The van der Waals surface area contributed by atoms with Gasteiger partial charge in [0.25, 0.3) is 0 Å². The summed E-state index contributed by atoms with van der Waals surface area (Å²) in [6.07, 6.45) is -4.52. The van der Waals surface area contributed by atoms with Crippen molar-refractivity contribution in [2.24, 2.45) is 0 Å². The van der Waals surface area contributed by atoms with Crippen LogP contribution in [0.1, 0.15) is 5.56 Å². The van der Waals surface area contributed by atoms with Gasteiger partial charge in [-0.1, -0.05) is 17.7 Å². The highest BCUT2D eigenvalue weighted by atomic mass is 35.5. The van der Waals surface area contributed by atoms with Crippen LogP contribution in [-0.2, 0) is 6.18 Å². The van der Waals surface area contributed by atoms with Crippen LogP contribution in [0.25, 0.3) is 0 Å². The molecule has 7 heteroatoms. The van der Waals surface area contributed by atoms with Crippen molar-refractivity contribution < 1.29 is 17.6 Å². The van der Waals surface area contributed by atoms with Crippen molar-refractivity contribution >= 4 is 28.7 Å². The van der Waals surface area contributed by atoms with Crippen LogP contribution >= 0.6 is 11.6 Å². The number of para-hydroxylation sites is 1. The largest absolute Gasteiger partial charge is 0.416 e. The standard InChI is InChI=1S/C13H9ClF4N2/c14-8-4-7(13(16,17)18)5-9(6-8)20-11-3-1-2-10(15)12(11)19/h1-6,20H,19H2. The second-order valence-corrected chi connectivity index (χ2v) is 4.49. The molecule has 2 aromatic rings. The van der Waals surface area contributed by atoms with E-state index in [4.69, 9.17) is 17.3 Å². The van der Waals surface area contributed by atoms with Gasteiger partial charge in [0.2, 0.25) is 0 Å². The van der Waals surface area contributed by atoms with Gasteiger partial charge < -0.3 is 11.1 Å². The quantitative estimate of drug-likeness (QED) is 0.616. The summed E-state index contributed by atoms with van der Waals surface area (Å²) in [5, 5.41) is 2.53. The van der Waals surface area contributed by atoms with E-state index in [2.05, 4.69) is 5.32 Å². The normalized spacial score (nSPS) is 11.4. The third-order valence-electron chi connectivity index (χ3n) is 2.56. The smallest absolute Gasteiger partial charge is 0.395 e. The highest BCUT2D eigenvalue weighted by molar-refractivity contribution is 6.31. The van der Waals surface area contributed by atoms with Gasteiger partial charge in [0, 0.05) is 10.7 Å². The Morgan fingerprint density at radius 2 is 1.80 bits per heavy atom. The number of anilines is 3. The van der Waals surface area contributed by atoms with Crippen LogP contribution in [-0.4, -0.2) is 0 Å². The summed E-state index contributed by atoms with van der Waals surface area (Å²) in [4.78, 5) is 0. The van der Waals surface area contributed by atoms with E-state index in [1.807, 2.05) is 0 Å². The second kappa shape index (κ2) is 5.20. The Hall–Kier alpha value is -1.95. The summed E-state index contributed by atoms with van der Waals surface area (Å²) in [5.74, 6) is -0.659. The fraction of sp³-hybridized carbons (Fsp3) is 0.0769. The first-order valence-electron chi connectivity index (χ1n) is 5.46. The minimum absolute atomic E-state index is 0.0714. The number of halogens is 5. The highest BCUT2D eigenvalue weighted by Gasteiger charge is 2.31. The molecule has 0 saturated carbocycles. The molecular formula is C13H9ClF4N2. The molecule has 0 bridgehead atoms. The van der Waals surface area contributed by atoms with Crippen molar-refractivity contribution in [1.82, 2.24) is 0 Å². The molecule has 0 unspecified atom stereocenters. The zero-order chi connectivity index (χ0) is 14.9. The first kappa shape index (κ1) is 14.5. The molecule has 0 spiro atoms. The molecule has 0 radical (unpaired) electrons. The molecule has 0 aliphatic rings. The number of nitrogens with one attached hydrogen (secondary N) is 1. The van der Waals surface area contributed by atoms with Gasteiger partial charge in [0.15, 0.2) is 0 Å². The summed E-state index contributed by atoms with van der Waals surface area (Å²) in [5.41, 5.74) is 4.66. The third-order valence-corrected chi connectivity index (χ3v) is 2.78. The van der Waals surface area contributed by atoms with E-state index in [1.165, 1.54) is 18.2 Å².